The number of carbonyl (C=O) groups excluding carboxylic acids is 2. The fourth-order valence-electron chi connectivity index (χ4n) is 2.76. The highest BCUT2D eigenvalue weighted by molar-refractivity contribution is 8.25. The second-order valence-electron chi connectivity index (χ2n) is 5.19. The Morgan fingerprint density at radius 3 is 1.77 bits per heavy atom. The number of amides is 2. The summed E-state index contributed by atoms with van der Waals surface area (Å²) in [6, 6.07) is 2.81. The van der Waals surface area contributed by atoms with Crippen LogP contribution in [0.25, 0.3) is 0 Å². The molecule has 0 saturated carbocycles. The fourth-order valence-corrected chi connectivity index (χ4v) is 5.34. The first-order valence-electron chi connectivity index (χ1n) is 6.86. The molecule has 0 spiro atoms. The summed E-state index contributed by atoms with van der Waals surface area (Å²) in [7, 11) is 0. The number of hydrogen-bond acceptors (Lipinski definition) is 6. The van der Waals surface area contributed by atoms with Crippen LogP contribution in [-0.2, 0) is 9.59 Å². The minimum absolute atomic E-state index is 0.0387. The fraction of sp³-hybridized carbons (Fsp3) is 0.286. The quantitative estimate of drug-likeness (QED) is 0.428. The van der Waals surface area contributed by atoms with Gasteiger partial charge in [-0.05, 0) is 25.0 Å². The van der Waals surface area contributed by atoms with E-state index in [1.54, 1.807) is 0 Å². The maximum absolute atomic E-state index is 12.5. The molecule has 8 heteroatoms. The maximum Gasteiger partial charge on any atom is 0.279 e. The third kappa shape index (κ3) is 1.83. The normalized spacial score (nSPS) is 20.7. The molecule has 0 atom stereocenters. The lowest BCUT2D eigenvalue weighted by molar-refractivity contribution is -0.150. The predicted octanol–water partition coefficient (Wildman–Crippen LogP) is 1.89. The monoisotopic (exact) mass is 336 g/mol. The predicted molar refractivity (Wildman–Crippen MR) is 81.2 cm³/mol. The molecule has 0 aliphatic carbocycles. The van der Waals surface area contributed by atoms with Crippen molar-refractivity contribution < 1.29 is 19.8 Å². The summed E-state index contributed by atoms with van der Waals surface area (Å²) >= 11 is 2.33. The highest BCUT2D eigenvalue weighted by atomic mass is 32.2. The van der Waals surface area contributed by atoms with Gasteiger partial charge in [0.25, 0.3) is 11.8 Å². The zero-order valence-corrected chi connectivity index (χ0v) is 13.0. The van der Waals surface area contributed by atoms with Crippen LogP contribution in [0.4, 0.5) is 0 Å². The van der Waals surface area contributed by atoms with E-state index in [0.29, 0.717) is 27.1 Å². The molecule has 0 bridgehead atoms. The number of phenolic OH excluding ortho intramolecular Hbond substituents is 2. The lowest BCUT2D eigenvalue weighted by Crippen LogP contribution is -2.45. The molecule has 6 nitrogen and oxygen atoms in total. The summed E-state index contributed by atoms with van der Waals surface area (Å²) in [6.45, 7) is 1.11. The van der Waals surface area contributed by atoms with Gasteiger partial charge in [-0.3, -0.25) is 9.59 Å². The zero-order valence-electron chi connectivity index (χ0n) is 11.4. The Bertz CT molecular complexity index is 688. The average molecular weight is 336 g/mol. The SMILES string of the molecule is O=C1C(=C2Sc3c(O)ccc(O)c3S2)C(=O)N2CCCCN12. The number of aromatic hydroxyl groups is 2. The molecule has 0 unspecified atom stereocenters. The number of fused-ring (bicyclic) bond motifs is 2. The third-order valence-electron chi connectivity index (χ3n) is 3.84. The molecule has 2 saturated heterocycles. The van der Waals surface area contributed by atoms with E-state index in [0.717, 1.165) is 36.4 Å². The van der Waals surface area contributed by atoms with Crippen molar-refractivity contribution in [3.8, 4) is 11.5 Å². The Balaban J connectivity index is 1.78. The minimum atomic E-state index is -0.286. The number of benzene rings is 1. The van der Waals surface area contributed by atoms with E-state index in [1.807, 2.05) is 0 Å². The molecule has 2 fully saturated rings. The molecule has 2 N–H and O–H groups in total. The van der Waals surface area contributed by atoms with Gasteiger partial charge in [-0.15, -0.1) is 0 Å². The smallest absolute Gasteiger partial charge is 0.279 e. The molecule has 1 aromatic rings. The van der Waals surface area contributed by atoms with Crippen molar-refractivity contribution in [2.75, 3.05) is 13.1 Å². The zero-order chi connectivity index (χ0) is 15.4. The molecule has 1 aromatic carbocycles. The van der Waals surface area contributed by atoms with Crippen molar-refractivity contribution in [3.05, 3.63) is 21.9 Å². The van der Waals surface area contributed by atoms with E-state index in [1.165, 1.54) is 22.2 Å². The van der Waals surface area contributed by atoms with E-state index in [4.69, 9.17) is 0 Å². The van der Waals surface area contributed by atoms with Crippen LogP contribution >= 0.6 is 23.5 Å². The lowest BCUT2D eigenvalue weighted by Gasteiger charge is -2.31. The Labute approximate surface area is 134 Å². The van der Waals surface area contributed by atoms with Crippen LogP contribution in [0, 0.1) is 0 Å². The first-order valence-corrected chi connectivity index (χ1v) is 8.50. The van der Waals surface area contributed by atoms with Crippen molar-refractivity contribution >= 4 is 35.3 Å². The van der Waals surface area contributed by atoms with Crippen LogP contribution < -0.4 is 0 Å². The molecule has 0 radical (unpaired) electrons. The van der Waals surface area contributed by atoms with Crippen molar-refractivity contribution in [1.29, 1.82) is 0 Å². The maximum atomic E-state index is 12.5. The van der Waals surface area contributed by atoms with E-state index in [-0.39, 0.29) is 28.9 Å². The van der Waals surface area contributed by atoms with Crippen LogP contribution in [0.15, 0.2) is 31.7 Å². The molecule has 3 heterocycles. The van der Waals surface area contributed by atoms with Crippen LogP contribution in [0.2, 0.25) is 0 Å². The minimum Gasteiger partial charge on any atom is -0.507 e. The highest BCUT2D eigenvalue weighted by Gasteiger charge is 2.45. The Morgan fingerprint density at radius 1 is 0.864 bits per heavy atom. The second kappa shape index (κ2) is 4.85. The van der Waals surface area contributed by atoms with Gasteiger partial charge < -0.3 is 10.2 Å². The van der Waals surface area contributed by atoms with Gasteiger partial charge in [0.05, 0.1) is 14.0 Å². The number of rotatable bonds is 0. The van der Waals surface area contributed by atoms with Crippen LogP contribution in [0.5, 0.6) is 11.5 Å². The Hall–Kier alpha value is -1.80. The number of thioether (sulfide) groups is 2. The molecule has 114 valence electrons. The third-order valence-corrected chi connectivity index (χ3v) is 6.49. The second-order valence-corrected chi connectivity index (χ2v) is 7.49. The standard InChI is InChI=1S/C14H12N2O4S2/c17-7-3-4-8(18)11-10(7)21-14(22-11)9-12(19)15-5-1-2-6-16(15)13(9)20/h3-4,17-18H,1-2,5-6H2. The molecular weight excluding hydrogens is 324 g/mol. The molecule has 3 aliphatic heterocycles. The summed E-state index contributed by atoms with van der Waals surface area (Å²) < 4.78 is 0.524. The number of carbonyl (C=O) groups is 2. The molecule has 22 heavy (non-hydrogen) atoms. The van der Waals surface area contributed by atoms with E-state index >= 15 is 0 Å². The average Bonchev–Trinajstić information content (AvgIpc) is 3.06. The Morgan fingerprint density at radius 2 is 1.32 bits per heavy atom. The first kappa shape index (κ1) is 13.8. The van der Waals surface area contributed by atoms with Crippen molar-refractivity contribution in [2.45, 2.75) is 22.6 Å². The van der Waals surface area contributed by atoms with Crippen LogP contribution in [-0.4, -0.2) is 45.1 Å². The summed E-state index contributed by atoms with van der Waals surface area (Å²) in [5, 5.41) is 22.8. The molecule has 3 aliphatic rings. The topological polar surface area (TPSA) is 81.1 Å². The van der Waals surface area contributed by atoms with Gasteiger partial charge in [-0.2, -0.15) is 0 Å². The van der Waals surface area contributed by atoms with E-state index in [2.05, 4.69) is 0 Å². The van der Waals surface area contributed by atoms with Gasteiger partial charge in [0.2, 0.25) is 0 Å². The van der Waals surface area contributed by atoms with Crippen molar-refractivity contribution in [2.24, 2.45) is 0 Å². The molecule has 2 amide bonds. The van der Waals surface area contributed by atoms with Gasteiger partial charge in [0, 0.05) is 13.1 Å². The van der Waals surface area contributed by atoms with Crippen molar-refractivity contribution in [3.63, 3.8) is 0 Å². The molecule has 0 aromatic heterocycles. The largest absolute Gasteiger partial charge is 0.507 e. The summed E-state index contributed by atoms with van der Waals surface area (Å²) in [5.41, 5.74) is 0.145. The highest BCUT2D eigenvalue weighted by Crippen LogP contribution is 2.59. The van der Waals surface area contributed by atoms with Crippen LogP contribution in [0.3, 0.4) is 0 Å². The number of nitrogens with zero attached hydrogens (tertiary/aromatic N) is 2. The van der Waals surface area contributed by atoms with Crippen LogP contribution in [0.1, 0.15) is 12.8 Å². The number of hydrogen-bond donors (Lipinski definition) is 2. The van der Waals surface area contributed by atoms with Gasteiger partial charge >= 0.3 is 0 Å². The lowest BCUT2D eigenvalue weighted by atomic mass is 10.2. The summed E-state index contributed by atoms with van der Waals surface area (Å²) in [6.07, 6.45) is 1.78. The molecule has 4 rings (SSSR count). The first-order chi connectivity index (χ1) is 10.6. The van der Waals surface area contributed by atoms with Gasteiger partial charge in [-0.25, -0.2) is 10.0 Å². The summed E-state index contributed by atoms with van der Waals surface area (Å²) in [4.78, 5) is 26.0. The van der Waals surface area contributed by atoms with E-state index in [9.17, 15) is 19.8 Å². The van der Waals surface area contributed by atoms with Gasteiger partial charge in [0.15, 0.2) is 0 Å². The van der Waals surface area contributed by atoms with Gasteiger partial charge in [-0.1, -0.05) is 23.5 Å². The van der Waals surface area contributed by atoms with E-state index < -0.39 is 0 Å². The molecular formula is C14H12N2O4S2. The number of hydrazine groups is 1. The Kier molecular flexibility index (Phi) is 3.05. The van der Waals surface area contributed by atoms with Crippen molar-refractivity contribution in [1.82, 2.24) is 10.0 Å². The van der Waals surface area contributed by atoms with Gasteiger partial charge in [0.1, 0.15) is 17.1 Å². The number of phenols is 2. The summed E-state index contributed by atoms with van der Waals surface area (Å²) in [5.74, 6) is -0.494.